The zero-order chi connectivity index (χ0) is 10.7. The van der Waals surface area contributed by atoms with Crippen LogP contribution in [0.1, 0.15) is 39.0 Å². The van der Waals surface area contributed by atoms with E-state index in [9.17, 15) is 5.11 Å². The minimum atomic E-state index is 0.274. The molecule has 3 heteroatoms. The third-order valence-electron chi connectivity index (χ3n) is 3.96. The van der Waals surface area contributed by atoms with Crippen molar-refractivity contribution in [2.45, 2.75) is 57.2 Å². The molecule has 2 N–H and O–H groups in total. The Hall–Kier alpha value is -0.120. The Kier molecular flexibility index (Phi) is 4.00. The summed E-state index contributed by atoms with van der Waals surface area (Å²) in [6, 6.07) is 1.71. The maximum absolute atomic E-state index is 9.20. The fraction of sp³-hybridized carbons (Fsp3) is 1.00. The number of nitrogens with one attached hydrogen (secondary N) is 1. The lowest BCUT2D eigenvalue weighted by Crippen LogP contribution is -2.59. The van der Waals surface area contributed by atoms with E-state index in [2.05, 4.69) is 17.1 Å². The first-order valence-electron chi connectivity index (χ1n) is 6.41. The second-order valence-corrected chi connectivity index (χ2v) is 5.13. The van der Waals surface area contributed by atoms with E-state index in [4.69, 9.17) is 0 Å². The second kappa shape index (κ2) is 5.28. The fourth-order valence-corrected chi connectivity index (χ4v) is 3.00. The van der Waals surface area contributed by atoms with Gasteiger partial charge >= 0.3 is 0 Å². The van der Waals surface area contributed by atoms with Crippen molar-refractivity contribution in [1.82, 2.24) is 10.2 Å². The van der Waals surface area contributed by atoms with Gasteiger partial charge in [-0.3, -0.25) is 4.90 Å². The van der Waals surface area contributed by atoms with Gasteiger partial charge in [0, 0.05) is 31.2 Å². The van der Waals surface area contributed by atoms with E-state index in [0.29, 0.717) is 12.1 Å². The highest BCUT2D eigenvalue weighted by atomic mass is 16.3. The Morgan fingerprint density at radius 1 is 1.27 bits per heavy atom. The molecule has 15 heavy (non-hydrogen) atoms. The number of rotatable bonds is 2. The Labute approximate surface area is 92.8 Å². The van der Waals surface area contributed by atoms with Gasteiger partial charge in [0.2, 0.25) is 0 Å². The topological polar surface area (TPSA) is 35.5 Å². The van der Waals surface area contributed by atoms with Crippen LogP contribution in [0.25, 0.3) is 0 Å². The minimum absolute atomic E-state index is 0.274. The summed E-state index contributed by atoms with van der Waals surface area (Å²) in [6.45, 7) is 4.63. The number of hydrogen-bond donors (Lipinski definition) is 2. The van der Waals surface area contributed by atoms with Gasteiger partial charge < -0.3 is 10.4 Å². The van der Waals surface area contributed by atoms with Crippen LogP contribution < -0.4 is 5.32 Å². The highest BCUT2D eigenvalue weighted by molar-refractivity contribution is 4.88. The maximum Gasteiger partial charge on any atom is 0.0597 e. The summed E-state index contributed by atoms with van der Waals surface area (Å²) in [6.07, 6.45) is 6.93. The van der Waals surface area contributed by atoms with Crippen LogP contribution in [0.15, 0.2) is 0 Å². The zero-order valence-electron chi connectivity index (χ0n) is 9.78. The number of hydrogen-bond acceptors (Lipinski definition) is 3. The molecule has 2 fully saturated rings. The van der Waals surface area contributed by atoms with Gasteiger partial charge in [0.25, 0.3) is 0 Å². The molecule has 1 aliphatic heterocycles. The van der Waals surface area contributed by atoms with Crippen LogP contribution in [-0.4, -0.2) is 47.8 Å². The van der Waals surface area contributed by atoms with E-state index in [0.717, 1.165) is 19.1 Å². The molecule has 0 aromatic rings. The molecule has 2 unspecified atom stereocenters. The molecule has 2 atom stereocenters. The van der Waals surface area contributed by atoms with Crippen LogP contribution in [0.5, 0.6) is 0 Å². The highest BCUT2D eigenvalue weighted by Gasteiger charge is 2.30. The molecule has 0 amide bonds. The highest BCUT2D eigenvalue weighted by Crippen LogP contribution is 2.25. The molecular weight excluding hydrogens is 188 g/mol. The molecule has 0 aromatic carbocycles. The predicted molar refractivity (Wildman–Crippen MR) is 61.9 cm³/mol. The zero-order valence-corrected chi connectivity index (χ0v) is 9.78. The summed E-state index contributed by atoms with van der Waals surface area (Å²) in [7, 11) is 0. The van der Waals surface area contributed by atoms with E-state index in [1.165, 1.54) is 32.1 Å². The summed E-state index contributed by atoms with van der Waals surface area (Å²) < 4.78 is 0. The summed E-state index contributed by atoms with van der Waals surface area (Å²) in [5.74, 6) is 0. The molecule has 0 radical (unpaired) electrons. The van der Waals surface area contributed by atoms with Crippen LogP contribution in [0.3, 0.4) is 0 Å². The number of aliphatic hydroxyl groups excluding tert-OH is 1. The lowest BCUT2D eigenvalue weighted by Gasteiger charge is -2.44. The molecule has 1 heterocycles. The van der Waals surface area contributed by atoms with E-state index in [-0.39, 0.29) is 6.61 Å². The lowest BCUT2D eigenvalue weighted by atomic mass is 9.92. The van der Waals surface area contributed by atoms with Crippen molar-refractivity contribution < 1.29 is 5.11 Å². The van der Waals surface area contributed by atoms with Gasteiger partial charge in [-0.1, -0.05) is 19.3 Å². The maximum atomic E-state index is 9.20. The summed E-state index contributed by atoms with van der Waals surface area (Å²) in [4.78, 5) is 2.62. The first kappa shape index (κ1) is 11.4. The van der Waals surface area contributed by atoms with Crippen LogP contribution in [0.2, 0.25) is 0 Å². The average molecular weight is 212 g/mol. The fourth-order valence-electron chi connectivity index (χ4n) is 3.00. The van der Waals surface area contributed by atoms with Crippen molar-refractivity contribution in [3.05, 3.63) is 0 Å². The van der Waals surface area contributed by atoms with Crippen molar-refractivity contribution in [2.75, 3.05) is 19.7 Å². The SMILES string of the molecule is CC1CNC(CO)CN1C1CCCCC1. The van der Waals surface area contributed by atoms with Gasteiger partial charge in [-0.25, -0.2) is 0 Å². The third-order valence-corrected chi connectivity index (χ3v) is 3.96. The average Bonchev–Trinajstić information content (AvgIpc) is 2.31. The Morgan fingerprint density at radius 3 is 2.67 bits per heavy atom. The van der Waals surface area contributed by atoms with Gasteiger partial charge in [0.1, 0.15) is 0 Å². The Bertz CT molecular complexity index is 192. The molecule has 1 saturated carbocycles. The predicted octanol–water partition coefficient (Wildman–Crippen LogP) is 0.974. The molecule has 0 bridgehead atoms. The largest absolute Gasteiger partial charge is 0.395 e. The molecule has 1 saturated heterocycles. The van der Waals surface area contributed by atoms with Gasteiger partial charge in [0.05, 0.1) is 6.61 Å². The molecule has 0 spiro atoms. The monoisotopic (exact) mass is 212 g/mol. The van der Waals surface area contributed by atoms with Crippen LogP contribution in [-0.2, 0) is 0 Å². The second-order valence-electron chi connectivity index (χ2n) is 5.13. The summed E-state index contributed by atoms with van der Waals surface area (Å²) in [5, 5.41) is 12.6. The van der Waals surface area contributed by atoms with Crippen LogP contribution in [0, 0.1) is 0 Å². The van der Waals surface area contributed by atoms with Crippen LogP contribution in [0.4, 0.5) is 0 Å². The third kappa shape index (κ3) is 2.71. The quantitative estimate of drug-likeness (QED) is 0.716. The summed E-state index contributed by atoms with van der Waals surface area (Å²) >= 11 is 0. The molecule has 2 aliphatic rings. The number of nitrogens with zero attached hydrogens (tertiary/aromatic N) is 1. The number of aliphatic hydroxyl groups is 1. The molecule has 1 aliphatic carbocycles. The van der Waals surface area contributed by atoms with Crippen LogP contribution >= 0.6 is 0 Å². The van der Waals surface area contributed by atoms with E-state index in [1.807, 2.05) is 0 Å². The van der Waals surface area contributed by atoms with Crippen molar-refractivity contribution in [3.8, 4) is 0 Å². The van der Waals surface area contributed by atoms with Gasteiger partial charge in [-0.2, -0.15) is 0 Å². The Morgan fingerprint density at radius 2 is 2.00 bits per heavy atom. The molecule has 88 valence electrons. The van der Waals surface area contributed by atoms with Gasteiger partial charge in [-0.05, 0) is 19.8 Å². The first-order valence-corrected chi connectivity index (χ1v) is 6.41. The standard InChI is InChI=1S/C12H24N2O/c1-10-7-13-11(9-15)8-14(10)12-5-3-2-4-6-12/h10-13,15H,2-9H2,1H3. The lowest BCUT2D eigenvalue weighted by molar-refractivity contribution is 0.0544. The van der Waals surface area contributed by atoms with Crippen molar-refractivity contribution in [3.63, 3.8) is 0 Å². The van der Waals surface area contributed by atoms with E-state index in [1.54, 1.807) is 0 Å². The normalized spacial score (nSPS) is 35.6. The smallest absolute Gasteiger partial charge is 0.0597 e. The number of piperazine rings is 1. The van der Waals surface area contributed by atoms with Gasteiger partial charge in [-0.15, -0.1) is 0 Å². The van der Waals surface area contributed by atoms with Crippen molar-refractivity contribution in [1.29, 1.82) is 0 Å². The Balaban J connectivity index is 1.92. The van der Waals surface area contributed by atoms with E-state index >= 15 is 0 Å². The molecule has 3 nitrogen and oxygen atoms in total. The molecule has 2 rings (SSSR count). The van der Waals surface area contributed by atoms with Crippen molar-refractivity contribution >= 4 is 0 Å². The summed E-state index contributed by atoms with van der Waals surface area (Å²) in [5.41, 5.74) is 0. The minimum Gasteiger partial charge on any atom is -0.395 e. The first-order chi connectivity index (χ1) is 7.31. The van der Waals surface area contributed by atoms with Crippen molar-refractivity contribution in [2.24, 2.45) is 0 Å². The molecular formula is C12H24N2O. The van der Waals surface area contributed by atoms with Gasteiger partial charge in [0.15, 0.2) is 0 Å². The van der Waals surface area contributed by atoms with E-state index < -0.39 is 0 Å². The molecule has 0 aromatic heterocycles.